The molecule has 0 radical (unpaired) electrons. The summed E-state index contributed by atoms with van der Waals surface area (Å²) in [5.41, 5.74) is 1.58. The van der Waals surface area contributed by atoms with E-state index in [-0.39, 0.29) is 17.4 Å². The molecule has 1 aromatic heterocycles. The Hall–Kier alpha value is -2.87. The van der Waals surface area contributed by atoms with Gasteiger partial charge in [0.25, 0.3) is 5.56 Å². The molecule has 1 aliphatic rings. The van der Waals surface area contributed by atoms with Crippen LogP contribution < -0.4 is 20.5 Å². The van der Waals surface area contributed by atoms with E-state index in [0.29, 0.717) is 26.2 Å². The minimum Gasteiger partial charge on any atom is -0.497 e. The zero-order valence-corrected chi connectivity index (χ0v) is 16.3. The Morgan fingerprint density at radius 3 is 2.93 bits per heavy atom. The molecule has 28 heavy (non-hydrogen) atoms. The Bertz CT molecular complexity index is 867. The molecule has 0 spiro atoms. The van der Waals surface area contributed by atoms with Gasteiger partial charge in [-0.15, -0.1) is 0 Å². The van der Waals surface area contributed by atoms with E-state index in [9.17, 15) is 9.59 Å². The molecule has 1 fully saturated rings. The van der Waals surface area contributed by atoms with Crippen molar-refractivity contribution in [2.24, 2.45) is 5.92 Å². The molecule has 2 aromatic rings. The number of carbonyl (C=O) groups is 1. The van der Waals surface area contributed by atoms with Gasteiger partial charge in [0.05, 0.1) is 38.1 Å². The standard InChI is InChI=1S/C20H26N4O4/c1-27-9-8-24-19(25)11-17(13-22-24)23-7-6-16(14-23)20(26)21-12-15-4-3-5-18(10-15)28-2/h3-5,10-11,13,16H,6-9,12,14H2,1-2H3,(H,21,26). The first-order chi connectivity index (χ1) is 13.6. The summed E-state index contributed by atoms with van der Waals surface area (Å²) in [5.74, 6) is 0.680. The summed E-state index contributed by atoms with van der Waals surface area (Å²) >= 11 is 0. The molecule has 150 valence electrons. The van der Waals surface area contributed by atoms with Crippen LogP contribution in [0.2, 0.25) is 0 Å². The number of nitrogens with one attached hydrogen (secondary N) is 1. The van der Waals surface area contributed by atoms with E-state index in [2.05, 4.69) is 10.4 Å². The number of nitrogens with zero attached hydrogens (tertiary/aromatic N) is 3. The van der Waals surface area contributed by atoms with Crippen LogP contribution in [0.1, 0.15) is 12.0 Å². The maximum absolute atomic E-state index is 12.5. The van der Waals surface area contributed by atoms with Gasteiger partial charge in [-0.3, -0.25) is 9.59 Å². The van der Waals surface area contributed by atoms with E-state index < -0.39 is 0 Å². The number of aromatic nitrogens is 2. The third-order valence-corrected chi connectivity index (χ3v) is 4.89. The highest BCUT2D eigenvalue weighted by Crippen LogP contribution is 2.22. The lowest BCUT2D eigenvalue weighted by Crippen LogP contribution is -2.33. The number of hydrogen-bond acceptors (Lipinski definition) is 6. The van der Waals surface area contributed by atoms with Crippen molar-refractivity contribution >= 4 is 11.6 Å². The van der Waals surface area contributed by atoms with Crippen LogP contribution in [0, 0.1) is 5.92 Å². The second kappa shape index (κ2) is 9.36. The molecule has 1 saturated heterocycles. The van der Waals surface area contributed by atoms with Gasteiger partial charge in [-0.25, -0.2) is 4.68 Å². The molecule has 1 atom stereocenters. The molecule has 0 saturated carbocycles. The van der Waals surface area contributed by atoms with Crippen molar-refractivity contribution in [1.82, 2.24) is 15.1 Å². The van der Waals surface area contributed by atoms with Gasteiger partial charge in [-0.1, -0.05) is 12.1 Å². The molecule has 1 N–H and O–H groups in total. The molecule has 8 nitrogen and oxygen atoms in total. The number of ether oxygens (including phenoxy) is 2. The Labute approximate surface area is 164 Å². The number of hydrogen-bond donors (Lipinski definition) is 1. The largest absolute Gasteiger partial charge is 0.497 e. The van der Waals surface area contributed by atoms with Gasteiger partial charge in [-0.2, -0.15) is 5.10 Å². The number of amides is 1. The summed E-state index contributed by atoms with van der Waals surface area (Å²) in [6.07, 6.45) is 2.42. The van der Waals surface area contributed by atoms with Crippen molar-refractivity contribution in [3.05, 3.63) is 52.4 Å². The van der Waals surface area contributed by atoms with Crippen molar-refractivity contribution in [3.63, 3.8) is 0 Å². The first kappa shape index (κ1) is 19.9. The van der Waals surface area contributed by atoms with Gasteiger partial charge in [0.2, 0.25) is 5.91 Å². The molecule has 1 aliphatic heterocycles. The molecule has 0 aliphatic carbocycles. The van der Waals surface area contributed by atoms with Crippen LogP contribution in [0.3, 0.4) is 0 Å². The molecular formula is C20H26N4O4. The number of anilines is 1. The Morgan fingerprint density at radius 1 is 1.32 bits per heavy atom. The Morgan fingerprint density at radius 2 is 2.18 bits per heavy atom. The van der Waals surface area contributed by atoms with Crippen molar-refractivity contribution < 1.29 is 14.3 Å². The van der Waals surface area contributed by atoms with Crippen LogP contribution in [0.4, 0.5) is 5.69 Å². The first-order valence-electron chi connectivity index (χ1n) is 9.32. The maximum atomic E-state index is 12.5. The second-order valence-corrected chi connectivity index (χ2v) is 6.77. The van der Waals surface area contributed by atoms with E-state index >= 15 is 0 Å². The van der Waals surface area contributed by atoms with E-state index in [1.165, 1.54) is 4.68 Å². The maximum Gasteiger partial charge on any atom is 0.268 e. The van der Waals surface area contributed by atoms with E-state index in [4.69, 9.17) is 9.47 Å². The smallest absolute Gasteiger partial charge is 0.268 e. The van der Waals surface area contributed by atoms with Gasteiger partial charge in [0, 0.05) is 32.8 Å². The lowest BCUT2D eigenvalue weighted by Gasteiger charge is -2.18. The van der Waals surface area contributed by atoms with E-state index in [1.807, 2.05) is 29.2 Å². The molecule has 0 bridgehead atoms. The van der Waals surface area contributed by atoms with Crippen molar-refractivity contribution in [2.75, 3.05) is 38.8 Å². The Kier molecular flexibility index (Phi) is 6.65. The van der Waals surface area contributed by atoms with Crippen molar-refractivity contribution in [1.29, 1.82) is 0 Å². The average Bonchev–Trinajstić information content (AvgIpc) is 3.21. The van der Waals surface area contributed by atoms with Crippen LogP contribution in [0.15, 0.2) is 41.3 Å². The minimum absolute atomic E-state index is 0.0201. The quantitative estimate of drug-likeness (QED) is 0.730. The summed E-state index contributed by atoms with van der Waals surface area (Å²) < 4.78 is 11.6. The molecule has 1 aromatic carbocycles. The predicted molar refractivity (Wildman–Crippen MR) is 106 cm³/mol. The third kappa shape index (κ3) is 4.89. The third-order valence-electron chi connectivity index (χ3n) is 4.89. The van der Waals surface area contributed by atoms with E-state index in [0.717, 1.165) is 30.0 Å². The average molecular weight is 386 g/mol. The summed E-state index contributed by atoms with van der Waals surface area (Å²) in [4.78, 5) is 26.7. The summed E-state index contributed by atoms with van der Waals surface area (Å²) in [6, 6.07) is 9.20. The van der Waals surface area contributed by atoms with Crippen LogP contribution in [-0.4, -0.2) is 49.6 Å². The lowest BCUT2D eigenvalue weighted by atomic mass is 10.1. The van der Waals surface area contributed by atoms with Gasteiger partial charge in [-0.05, 0) is 24.1 Å². The highest BCUT2D eigenvalue weighted by atomic mass is 16.5. The summed E-state index contributed by atoms with van der Waals surface area (Å²) in [5, 5.41) is 7.18. The number of benzene rings is 1. The molecule has 3 rings (SSSR count). The highest BCUT2D eigenvalue weighted by molar-refractivity contribution is 5.80. The number of carbonyl (C=O) groups excluding carboxylic acids is 1. The van der Waals surface area contributed by atoms with Crippen LogP contribution >= 0.6 is 0 Å². The van der Waals surface area contributed by atoms with Gasteiger partial charge < -0.3 is 19.7 Å². The summed E-state index contributed by atoms with van der Waals surface area (Å²) in [7, 11) is 3.21. The number of methoxy groups -OCH3 is 2. The molecule has 2 heterocycles. The predicted octanol–water partition coefficient (Wildman–Crippen LogP) is 1.04. The fourth-order valence-electron chi connectivity index (χ4n) is 3.27. The van der Waals surface area contributed by atoms with Crippen LogP contribution in [0.25, 0.3) is 0 Å². The first-order valence-corrected chi connectivity index (χ1v) is 9.32. The van der Waals surface area contributed by atoms with Crippen LogP contribution in [0.5, 0.6) is 5.75 Å². The highest BCUT2D eigenvalue weighted by Gasteiger charge is 2.28. The molecule has 1 unspecified atom stereocenters. The lowest BCUT2D eigenvalue weighted by molar-refractivity contribution is -0.124. The van der Waals surface area contributed by atoms with Gasteiger partial charge >= 0.3 is 0 Å². The molecule has 8 heteroatoms. The number of rotatable bonds is 8. The monoisotopic (exact) mass is 386 g/mol. The SMILES string of the molecule is COCCn1ncc(N2CCC(C(=O)NCc3cccc(OC)c3)C2)cc1=O. The minimum atomic E-state index is -0.166. The molecular weight excluding hydrogens is 360 g/mol. The van der Waals surface area contributed by atoms with Crippen LogP contribution in [-0.2, 0) is 22.6 Å². The second-order valence-electron chi connectivity index (χ2n) is 6.77. The fraction of sp³-hybridized carbons (Fsp3) is 0.450. The fourth-order valence-corrected chi connectivity index (χ4v) is 3.27. The Balaban J connectivity index is 1.55. The normalized spacial score (nSPS) is 16.2. The molecule has 1 amide bonds. The van der Waals surface area contributed by atoms with Crippen molar-refractivity contribution in [2.45, 2.75) is 19.5 Å². The topological polar surface area (TPSA) is 85.7 Å². The zero-order valence-electron chi connectivity index (χ0n) is 16.3. The van der Waals surface area contributed by atoms with Crippen molar-refractivity contribution in [3.8, 4) is 5.75 Å². The summed E-state index contributed by atoms with van der Waals surface area (Å²) in [6.45, 7) is 2.62. The zero-order chi connectivity index (χ0) is 19.9. The van der Waals surface area contributed by atoms with Gasteiger partial charge in [0.15, 0.2) is 0 Å². The van der Waals surface area contributed by atoms with Gasteiger partial charge in [0.1, 0.15) is 5.75 Å². The van der Waals surface area contributed by atoms with E-state index in [1.54, 1.807) is 26.5 Å².